The van der Waals surface area contributed by atoms with Gasteiger partial charge in [0.2, 0.25) is 0 Å². The van der Waals surface area contributed by atoms with Gasteiger partial charge < -0.3 is 19.3 Å². The van der Waals surface area contributed by atoms with Crippen LogP contribution >= 0.6 is 0 Å². The highest BCUT2D eigenvalue weighted by Crippen LogP contribution is 2.47. The van der Waals surface area contributed by atoms with Gasteiger partial charge in [-0.05, 0) is 55.2 Å². The predicted molar refractivity (Wildman–Crippen MR) is 99.4 cm³/mol. The molecule has 0 bridgehead atoms. The van der Waals surface area contributed by atoms with Crippen molar-refractivity contribution in [1.82, 2.24) is 4.90 Å². The standard InChI is InChI=1S/C21H25NO4/c1-12-7-13-8-21(26-4)18(23)10-14(13)17-9-15-16(11-22(12)17)20(25-3)6-5-19(15)24-2/h5-6,8,10,12,17,23H,7,9,11H2,1-4H3/t12-,17-/m0/s1. The molecule has 5 nitrogen and oxygen atoms in total. The Balaban J connectivity index is 1.84. The fourth-order valence-corrected chi connectivity index (χ4v) is 4.50. The van der Waals surface area contributed by atoms with Gasteiger partial charge >= 0.3 is 0 Å². The van der Waals surface area contributed by atoms with E-state index in [-0.39, 0.29) is 11.8 Å². The van der Waals surface area contributed by atoms with Gasteiger partial charge in [0.05, 0.1) is 21.3 Å². The fourth-order valence-electron chi connectivity index (χ4n) is 4.50. The molecular weight excluding hydrogens is 330 g/mol. The molecule has 0 aromatic heterocycles. The summed E-state index contributed by atoms with van der Waals surface area (Å²) in [4.78, 5) is 2.50. The van der Waals surface area contributed by atoms with Crippen LogP contribution in [0.25, 0.3) is 0 Å². The van der Waals surface area contributed by atoms with E-state index in [4.69, 9.17) is 14.2 Å². The molecule has 26 heavy (non-hydrogen) atoms. The molecule has 1 N–H and O–H groups in total. The largest absolute Gasteiger partial charge is 0.504 e. The second kappa shape index (κ2) is 6.40. The smallest absolute Gasteiger partial charge is 0.160 e. The number of phenolic OH excluding ortho intramolecular Hbond substituents is 1. The quantitative estimate of drug-likeness (QED) is 0.914. The van der Waals surface area contributed by atoms with Gasteiger partial charge in [0.1, 0.15) is 11.5 Å². The molecular formula is C21H25NO4. The van der Waals surface area contributed by atoms with Crippen molar-refractivity contribution in [3.63, 3.8) is 0 Å². The van der Waals surface area contributed by atoms with Crippen LogP contribution in [-0.2, 0) is 19.4 Å². The second-order valence-corrected chi connectivity index (χ2v) is 7.10. The Bertz CT molecular complexity index is 848. The van der Waals surface area contributed by atoms with Crippen molar-refractivity contribution in [3.05, 3.63) is 46.5 Å². The molecule has 2 aromatic rings. The minimum Gasteiger partial charge on any atom is -0.504 e. The topological polar surface area (TPSA) is 51.2 Å². The number of methoxy groups -OCH3 is 3. The van der Waals surface area contributed by atoms with Crippen molar-refractivity contribution in [3.8, 4) is 23.0 Å². The summed E-state index contributed by atoms with van der Waals surface area (Å²) in [6, 6.07) is 8.42. The van der Waals surface area contributed by atoms with Gasteiger partial charge in [0.25, 0.3) is 0 Å². The first kappa shape index (κ1) is 17.0. The zero-order chi connectivity index (χ0) is 18.4. The lowest BCUT2D eigenvalue weighted by atomic mass is 9.81. The van der Waals surface area contributed by atoms with Crippen LogP contribution in [0, 0.1) is 0 Å². The van der Waals surface area contributed by atoms with Crippen molar-refractivity contribution in [2.75, 3.05) is 21.3 Å². The molecule has 0 unspecified atom stereocenters. The molecule has 0 amide bonds. The number of nitrogens with zero attached hydrogens (tertiary/aromatic N) is 1. The number of aromatic hydroxyl groups is 1. The maximum atomic E-state index is 10.3. The van der Waals surface area contributed by atoms with Gasteiger partial charge in [-0.15, -0.1) is 0 Å². The molecule has 0 spiro atoms. The molecule has 4 rings (SSSR count). The summed E-state index contributed by atoms with van der Waals surface area (Å²) in [6.45, 7) is 3.07. The van der Waals surface area contributed by atoms with Crippen LogP contribution in [0.4, 0.5) is 0 Å². The van der Waals surface area contributed by atoms with Gasteiger partial charge in [-0.3, -0.25) is 4.90 Å². The zero-order valence-corrected chi connectivity index (χ0v) is 15.7. The lowest BCUT2D eigenvalue weighted by molar-refractivity contribution is 0.103. The Labute approximate surface area is 154 Å². The fraction of sp³-hybridized carbons (Fsp3) is 0.429. The maximum absolute atomic E-state index is 10.3. The van der Waals surface area contributed by atoms with E-state index in [9.17, 15) is 5.11 Å². The Hall–Kier alpha value is -2.40. The highest BCUT2D eigenvalue weighted by molar-refractivity contribution is 5.54. The highest BCUT2D eigenvalue weighted by Gasteiger charge is 2.38. The molecule has 2 aliphatic heterocycles. The first-order chi connectivity index (χ1) is 12.6. The van der Waals surface area contributed by atoms with Gasteiger partial charge in [-0.1, -0.05) is 0 Å². The summed E-state index contributed by atoms with van der Waals surface area (Å²) in [5.74, 6) is 2.55. The monoisotopic (exact) mass is 355 g/mol. The molecule has 0 fully saturated rings. The Morgan fingerprint density at radius 3 is 2.23 bits per heavy atom. The average Bonchev–Trinajstić information content (AvgIpc) is 2.66. The molecule has 2 heterocycles. The van der Waals surface area contributed by atoms with Crippen molar-refractivity contribution >= 4 is 0 Å². The van der Waals surface area contributed by atoms with E-state index in [2.05, 4.69) is 11.8 Å². The second-order valence-electron chi connectivity index (χ2n) is 7.10. The molecule has 0 aliphatic carbocycles. The van der Waals surface area contributed by atoms with E-state index < -0.39 is 0 Å². The summed E-state index contributed by atoms with van der Waals surface area (Å²) >= 11 is 0. The van der Waals surface area contributed by atoms with Crippen LogP contribution in [0.5, 0.6) is 23.0 Å². The minimum absolute atomic E-state index is 0.198. The SMILES string of the molecule is COc1cc2c(cc1O)[C@@H]1Cc3c(OC)ccc(OC)c3CN1[C@@H](C)C2. The lowest BCUT2D eigenvalue weighted by Gasteiger charge is -2.46. The van der Waals surface area contributed by atoms with Crippen molar-refractivity contribution in [2.24, 2.45) is 0 Å². The third-order valence-corrected chi connectivity index (χ3v) is 5.80. The third kappa shape index (κ3) is 2.50. The molecule has 2 atom stereocenters. The molecule has 0 radical (unpaired) electrons. The van der Waals surface area contributed by atoms with Crippen LogP contribution in [-0.4, -0.2) is 37.4 Å². The van der Waals surface area contributed by atoms with Gasteiger partial charge in [-0.25, -0.2) is 0 Å². The van der Waals surface area contributed by atoms with Crippen LogP contribution in [0.3, 0.4) is 0 Å². The van der Waals surface area contributed by atoms with E-state index in [1.165, 1.54) is 22.3 Å². The van der Waals surface area contributed by atoms with Crippen LogP contribution in [0.1, 0.15) is 35.2 Å². The van der Waals surface area contributed by atoms with Crippen LogP contribution in [0.15, 0.2) is 24.3 Å². The maximum Gasteiger partial charge on any atom is 0.160 e. The van der Waals surface area contributed by atoms with E-state index in [0.29, 0.717) is 11.8 Å². The normalized spacial score (nSPS) is 21.4. The van der Waals surface area contributed by atoms with Crippen molar-refractivity contribution in [2.45, 2.75) is 38.4 Å². The van der Waals surface area contributed by atoms with E-state index in [0.717, 1.165) is 30.9 Å². The lowest BCUT2D eigenvalue weighted by Crippen LogP contribution is -2.45. The van der Waals surface area contributed by atoms with E-state index >= 15 is 0 Å². The van der Waals surface area contributed by atoms with E-state index in [1.807, 2.05) is 24.3 Å². The summed E-state index contributed by atoms with van der Waals surface area (Å²) in [5, 5.41) is 10.3. The van der Waals surface area contributed by atoms with Gasteiger partial charge in [-0.2, -0.15) is 0 Å². The number of hydrogen-bond donors (Lipinski definition) is 1. The van der Waals surface area contributed by atoms with Gasteiger partial charge in [0.15, 0.2) is 11.5 Å². The third-order valence-electron chi connectivity index (χ3n) is 5.80. The van der Waals surface area contributed by atoms with Crippen LogP contribution in [0.2, 0.25) is 0 Å². The predicted octanol–water partition coefficient (Wildman–Crippen LogP) is 3.46. The van der Waals surface area contributed by atoms with E-state index in [1.54, 1.807) is 21.3 Å². The molecule has 0 saturated carbocycles. The number of benzene rings is 2. The number of rotatable bonds is 3. The molecule has 138 valence electrons. The minimum atomic E-state index is 0.198. The molecule has 0 saturated heterocycles. The summed E-state index contributed by atoms with van der Waals surface area (Å²) in [6.07, 6.45) is 1.77. The number of ether oxygens (including phenoxy) is 3. The van der Waals surface area contributed by atoms with Crippen molar-refractivity contribution in [1.29, 1.82) is 0 Å². The average molecular weight is 355 g/mol. The first-order valence-corrected chi connectivity index (χ1v) is 8.95. The molecule has 2 aromatic carbocycles. The highest BCUT2D eigenvalue weighted by atomic mass is 16.5. The van der Waals surface area contributed by atoms with Crippen LogP contribution < -0.4 is 14.2 Å². The van der Waals surface area contributed by atoms with Crippen molar-refractivity contribution < 1.29 is 19.3 Å². The Morgan fingerprint density at radius 1 is 0.923 bits per heavy atom. The molecule has 2 aliphatic rings. The Morgan fingerprint density at radius 2 is 1.58 bits per heavy atom. The molecule has 5 heteroatoms. The Kier molecular flexibility index (Phi) is 4.19. The number of fused-ring (bicyclic) bond motifs is 4. The zero-order valence-electron chi connectivity index (χ0n) is 15.7. The number of hydrogen-bond acceptors (Lipinski definition) is 5. The summed E-state index contributed by atoms with van der Waals surface area (Å²) in [5.41, 5.74) is 4.83. The number of phenols is 1. The first-order valence-electron chi connectivity index (χ1n) is 8.95. The summed E-state index contributed by atoms with van der Waals surface area (Å²) in [7, 11) is 5.02. The van der Waals surface area contributed by atoms with Gasteiger partial charge in [0, 0.05) is 29.8 Å². The summed E-state index contributed by atoms with van der Waals surface area (Å²) < 4.78 is 16.5.